The first kappa shape index (κ1) is 22.7. The third-order valence-electron chi connectivity index (χ3n) is 5.94. The second-order valence-corrected chi connectivity index (χ2v) is 9.17. The largest absolute Gasteiger partial charge is 0.378 e. The molecule has 2 fully saturated rings. The topological polar surface area (TPSA) is 118 Å². The van der Waals surface area contributed by atoms with Crippen LogP contribution in [0.2, 0.25) is 0 Å². The van der Waals surface area contributed by atoms with Gasteiger partial charge in [0.2, 0.25) is 11.8 Å². The van der Waals surface area contributed by atoms with E-state index in [0.717, 1.165) is 4.88 Å². The van der Waals surface area contributed by atoms with Gasteiger partial charge in [-0.25, -0.2) is 0 Å². The number of morpholine rings is 1. The SMILES string of the molecule is O=C(CCc1nc(CN2CCN(C(=O)c3cc(-c4cccs4)on3)CC2)no1)N1CCOCC1. The predicted molar refractivity (Wildman–Crippen MR) is 121 cm³/mol. The van der Waals surface area contributed by atoms with E-state index in [0.29, 0.717) is 95.0 Å². The number of carbonyl (C=O) groups is 2. The van der Waals surface area contributed by atoms with Crippen molar-refractivity contribution in [2.45, 2.75) is 19.4 Å². The lowest BCUT2D eigenvalue weighted by molar-refractivity contribution is -0.135. The average Bonchev–Trinajstić information content (AvgIpc) is 3.65. The molecular formula is C22H26N6O5S. The quantitative estimate of drug-likeness (QED) is 0.490. The number of piperazine rings is 1. The van der Waals surface area contributed by atoms with Gasteiger partial charge in [-0.3, -0.25) is 14.5 Å². The number of ether oxygens (including phenoxy) is 1. The Morgan fingerprint density at radius 3 is 2.59 bits per heavy atom. The molecule has 0 aromatic carbocycles. The number of rotatable bonds is 7. The highest BCUT2D eigenvalue weighted by Crippen LogP contribution is 2.25. The van der Waals surface area contributed by atoms with Crippen molar-refractivity contribution in [2.24, 2.45) is 0 Å². The van der Waals surface area contributed by atoms with Gasteiger partial charge in [0.1, 0.15) is 0 Å². The van der Waals surface area contributed by atoms with Crippen LogP contribution in [0.1, 0.15) is 28.6 Å². The maximum Gasteiger partial charge on any atom is 0.276 e. The Bertz CT molecular complexity index is 1100. The van der Waals surface area contributed by atoms with Crippen molar-refractivity contribution in [1.29, 1.82) is 0 Å². The second kappa shape index (κ2) is 10.5. The molecule has 0 aliphatic carbocycles. The monoisotopic (exact) mass is 486 g/mol. The van der Waals surface area contributed by atoms with E-state index in [1.165, 1.54) is 0 Å². The number of amides is 2. The lowest BCUT2D eigenvalue weighted by Crippen LogP contribution is -2.48. The fraction of sp³-hybridized carbons (Fsp3) is 0.500. The number of nitrogens with zero attached hydrogens (tertiary/aromatic N) is 6. The Morgan fingerprint density at radius 2 is 1.82 bits per heavy atom. The van der Waals surface area contributed by atoms with Crippen molar-refractivity contribution < 1.29 is 23.4 Å². The molecular weight excluding hydrogens is 460 g/mol. The summed E-state index contributed by atoms with van der Waals surface area (Å²) in [5, 5.41) is 9.97. The molecule has 2 aliphatic rings. The average molecular weight is 487 g/mol. The summed E-state index contributed by atoms with van der Waals surface area (Å²) < 4.78 is 15.9. The van der Waals surface area contributed by atoms with E-state index in [4.69, 9.17) is 13.8 Å². The van der Waals surface area contributed by atoms with E-state index < -0.39 is 0 Å². The Kier molecular flexibility index (Phi) is 6.97. The van der Waals surface area contributed by atoms with Crippen LogP contribution in [0.5, 0.6) is 0 Å². The van der Waals surface area contributed by atoms with Crippen LogP contribution in [-0.2, 0) is 22.5 Å². The van der Waals surface area contributed by atoms with Crippen molar-refractivity contribution in [3.05, 3.63) is 41.0 Å². The fourth-order valence-electron chi connectivity index (χ4n) is 4.02. The molecule has 2 aliphatic heterocycles. The van der Waals surface area contributed by atoms with Crippen molar-refractivity contribution in [2.75, 3.05) is 52.5 Å². The van der Waals surface area contributed by atoms with E-state index in [2.05, 4.69) is 20.2 Å². The van der Waals surface area contributed by atoms with Crippen LogP contribution in [0.4, 0.5) is 0 Å². The number of carbonyl (C=O) groups excluding carboxylic acids is 2. The number of aromatic nitrogens is 3. The molecule has 5 heterocycles. The summed E-state index contributed by atoms with van der Waals surface area (Å²) in [5.74, 6) is 1.62. The first-order valence-corrected chi connectivity index (χ1v) is 12.2. The van der Waals surface area contributed by atoms with Gasteiger partial charge in [0.15, 0.2) is 17.3 Å². The zero-order chi connectivity index (χ0) is 23.3. The molecule has 3 aromatic rings. The summed E-state index contributed by atoms with van der Waals surface area (Å²) in [7, 11) is 0. The van der Waals surface area contributed by atoms with Gasteiger partial charge in [0, 0.05) is 58.2 Å². The molecule has 0 unspecified atom stereocenters. The van der Waals surface area contributed by atoms with Crippen LogP contribution in [0, 0.1) is 0 Å². The van der Waals surface area contributed by atoms with Crippen LogP contribution in [0.3, 0.4) is 0 Å². The van der Waals surface area contributed by atoms with Crippen LogP contribution in [0.25, 0.3) is 10.6 Å². The van der Waals surface area contributed by atoms with E-state index in [1.54, 1.807) is 22.3 Å². The summed E-state index contributed by atoms with van der Waals surface area (Å²) >= 11 is 1.54. The molecule has 34 heavy (non-hydrogen) atoms. The maximum absolute atomic E-state index is 12.8. The van der Waals surface area contributed by atoms with Crippen LogP contribution < -0.4 is 0 Å². The first-order valence-electron chi connectivity index (χ1n) is 11.3. The molecule has 180 valence electrons. The summed E-state index contributed by atoms with van der Waals surface area (Å²) in [4.78, 5) is 36.2. The van der Waals surface area contributed by atoms with Gasteiger partial charge in [-0.05, 0) is 11.4 Å². The highest BCUT2D eigenvalue weighted by atomic mass is 32.1. The standard InChI is InChI=1S/C22H26N6O5S/c29-21(27-9-11-31-12-10-27)4-3-20-23-19(25-33-20)15-26-5-7-28(8-6-26)22(30)16-14-17(32-24-16)18-2-1-13-34-18/h1-2,13-14H,3-12,15H2. The van der Waals surface area contributed by atoms with Crippen LogP contribution >= 0.6 is 11.3 Å². The summed E-state index contributed by atoms with van der Waals surface area (Å²) in [5.41, 5.74) is 0.325. The van der Waals surface area contributed by atoms with E-state index >= 15 is 0 Å². The van der Waals surface area contributed by atoms with Crippen molar-refractivity contribution in [3.8, 4) is 10.6 Å². The minimum absolute atomic E-state index is 0.0819. The predicted octanol–water partition coefficient (Wildman–Crippen LogP) is 1.54. The van der Waals surface area contributed by atoms with Gasteiger partial charge in [0.05, 0.1) is 24.6 Å². The Balaban J connectivity index is 1.07. The van der Waals surface area contributed by atoms with Gasteiger partial charge in [0.25, 0.3) is 5.91 Å². The summed E-state index contributed by atoms with van der Waals surface area (Å²) in [6, 6.07) is 5.57. The number of hydrogen-bond donors (Lipinski definition) is 0. The van der Waals surface area contributed by atoms with E-state index in [-0.39, 0.29) is 11.8 Å². The zero-order valence-electron chi connectivity index (χ0n) is 18.7. The molecule has 0 radical (unpaired) electrons. The summed E-state index contributed by atoms with van der Waals surface area (Å²) in [6.07, 6.45) is 0.773. The third kappa shape index (κ3) is 5.34. The molecule has 2 amide bonds. The van der Waals surface area contributed by atoms with Crippen molar-refractivity contribution in [1.82, 2.24) is 30.0 Å². The Morgan fingerprint density at radius 1 is 1.00 bits per heavy atom. The smallest absolute Gasteiger partial charge is 0.276 e. The summed E-state index contributed by atoms with van der Waals surface area (Å²) in [6.45, 7) is 5.53. The highest BCUT2D eigenvalue weighted by molar-refractivity contribution is 7.13. The van der Waals surface area contributed by atoms with Crippen molar-refractivity contribution >= 4 is 23.2 Å². The molecule has 5 rings (SSSR count). The molecule has 3 aromatic heterocycles. The molecule has 2 saturated heterocycles. The normalized spacial score (nSPS) is 17.3. The zero-order valence-corrected chi connectivity index (χ0v) is 19.5. The molecule has 0 saturated carbocycles. The van der Waals surface area contributed by atoms with Gasteiger partial charge < -0.3 is 23.6 Å². The number of thiophene rings is 1. The Labute approximate surface area is 200 Å². The molecule has 12 heteroatoms. The van der Waals surface area contributed by atoms with Gasteiger partial charge in [-0.2, -0.15) is 4.98 Å². The lowest BCUT2D eigenvalue weighted by Gasteiger charge is -2.33. The highest BCUT2D eigenvalue weighted by Gasteiger charge is 2.26. The Hall–Kier alpha value is -3.09. The van der Waals surface area contributed by atoms with Gasteiger partial charge >= 0.3 is 0 Å². The van der Waals surface area contributed by atoms with Crippen LogP contribution in [-0.4, -0.2) is 94.3 Å². The fourth-order valence-corrected chi connectivity index (χ4v) is 4.70. The molecule has 0 bridgehead atoms. The first-order chi connectivity index (χ1) is 16.7. The maximum atomic E-state index is 12.8. The minimum atomic E-state index is -0.127. The van der Waals surface area contributed by atoms with Gasteiger partial charge in [-0.15, -0.1) is 11.3 Å². The second-order valence-electron chi connectivity index (χ2n) is 8.22. The molecule has 0 spiro atoms. The third-order valence-corrected chi connectivity index (χ3v) is 6.83. The molecule has 0 atom stereocenters. The van der Waals surface area contributed by atoms with E-state index in [1.807, 2.05) is 22.4 Å². The van der Waals surface area contributed by atoms with Gasteiger partial charge in [-0.1, -0.05) is 16.4 Å². The van der Waals surface area contributed by atoms with Crippen LogP contribution in [0.15, 0.2) is 32.6 Å². The minimum Gasteiger partial charge on any atom is -0.378 e. The lowest BCUT2D eigenvalue weighted by atomic mass is 10.2. The number of hydrogen-bond acceptors (Lipinski definition) is 10. The number of aryl methyl sites for hydroxylation is 1. The van der Waals surface area contributed by atoms with E-state index in [9.17, 15) is 9.59 Å². The molecule has 11 nitrogen and oxygen atoms in total. The van der Waals surface area contributed by atoms with Crippen molar-refractivity contribution in [3.63, 3.8) is 0 Å². The molecule has 0 N–H and O–H groups in total.